The molecule has 1 aromatic carbocycles. The van der Waals surface area contributed by atoms with Crippen LogP contribution in [0.3, 0.4) is 0 Å². The molecule has 0 unspecified atom stereocenters. The topological polar surface area (TPSA) is 69.7 Å². The number of aryl methyl sites for hydroxylation is 1. The van der Waals surface area contributed by atoms with Gasteiger partial charge in [0, 0.05) is 25.2 Å². The Bertz CT molecular complexity index is 709. The van der Waals surface area contributed by atoms with Crippen molar-refractivity contribution in [3.8, 4) is 0 Å². The third kappa shape index (κ3) is 5.53. The van der Waals surface area contributed by atoms with Crippen LogP contribution in [0, 0.1) is 6.92 Å². The molecule has 26 heavy (non-hydrogen) atoms. The van der Waals surface area contributed by atoms with E-state index in [1.54, 1.807) is 23.4 Å². The Hall–Kier alpha value is -1.44. The molecule has 7 heteroatoms. The maximum atomic E-state index is 13.1. The number of carbonyl (C=O) groups excluding carboxylic acids is 1. The van der Waals surface area contributed by atoms with Crippen LogP contribution in [0.5, 0.6) is 0 Å². The van der Waals surface area contributed by atoms with Gasteiger partial charge in [-0.1, -0.05) is 18.9 Å². The second-order valence-electron chi connectivity index (χ2n) is 7.21. The van der Waals surface area contributed by atoms with E-state index in [-0.39, 0.29) is 10.8 Å². The Kier molecular flexibility index (Phi) is 7.61. The monoisotopic (exact) mass is 381 g/mol. The lowest BCUT2D eigenvalue weighted by atomic mass is 10.1. The highest BCUT2D eigenvalue weighted by molar-refractivity contribution is 7.89. The predicted molar refractivity (Wildman–Crippen MR) is 104 cm³/mol. The van der Waals surface area contributed by atoms with Gasteiger partial charge in [0.15, 0.2) is 0 Å². The summed E-state index contributed by atoms with van der Waals surface area (Å²) in [4.78, 5) is 14.7. The average Bonchev–Trinajstić information content (AvgIpc) is 2.88. The zero-order chi connectivity index (χ0) is 19.2. The normalized spacial score (nSPS) is 16.5. The summed E-state index contributed by atoms with van der Waals surface area (Å²) in [5.74, 6) is -0.226. The highest BCUT2D eigenvalue weighted by atomic mass is 32.2. The van der Waals surface area contributed by atoms with Crippen molar-refractivity contribution in [3.63, 3.8) is 0 Å². The molecular formula is C19H31N3O3S. The maximum absolute atomic E-state index is 13.1. The minimum Gasteiger partial charge on any atom is -0.352 e. The molecule has 146 valence electrons. The Morgan fingerprint density at radius 2 is 1.81 bits per heavy atom. The summed E-state index contributed by atoms with van der Waals surface area (Å²) in [5, 5.41) is 2.87. The molecule has 6 nitrogen and oxygen atoms in total. The van der Waals surface area contributed by atoms with E-state index in [1.165, 1.54) is 6.07 Å². The Morgan fingerprint density at radius 3 is 2.42 bits per heavy atom. The van der Waals surface area contributed by atoms with Gasteiger partial charge in [-0.25, -0.2) is 8.42 Å². The molecule has 1 aliphatic heterocycles. The summed E-state index contributed by atoms with van der Waals surface area (Å²) in [7, 11) is 0.414. The molecule has 0 aromatic heterocycles. The second-order valence-corrected chi connectivity index (χ2v) is 9.12. The van der Waals surface area contributed by atoms with E-state index >= 15 is 0 Å². The second kappa shape index (κ2) is 9.48. The number of hydrogen-bond acceptors (Lipinski definition) is 4. The summed E-state index contributed by atoms with van der Waals surface area (Å²) in [6.45, 7) is 4.36. The Balaban J connectivity index is 2.14. The van der Waals surface area contributed by atoms with Crippen molar-refractivity contribution >= 4 is 15.9 Å². The molecule has 1 heterocycles. The number of benzene rings is 1. The quantitative estimate of drug-likeness (QED) is 0.736. The van der Waals surface area contributed by atoms with Crippen molar-refractivity contribution < 1.29 is 13.2 Å². The number of amides is 1. The van der Waals surface area contributed by atoms with Gasteiger partial charge in [-0.05, 0) is 64.5 Å². The van der Waals surface area contributed by atoms with E-state index < -0.39 is 10.0 Å². The number of rotatable bonds is 7. The van der Waals surface area contributed by atoms with Crippen LogP contribution in [-0.4, -0.2) is 63.8 Å². The van der Waals surface area contributed by atoms with Gasteiger partial charge >= 0.3 is 0 Å². The van der Waals surface area contributed by atoms with E-state index in [0.29, 0.717) is 30.8 Å². The van der Waals surface area contributed by atoms with Gasteiger partial charge in [0.2, 0.25) is 10.0 Å². The van der Waals surface area contributed by atoms with Crippen molar-refractivity contribution in [3.05, 3.63) is 29.3 Å². The molecule has 0 atom stereocenters. The molecule has 0 saturated carbocycles. The first-order chi connectivity index (χ1) is 12.3. The van der Waals surface area contributed by atoms with Gasteiger partial charge in [-0.3, -0.25) is 4.79 Å². The predicted octanol–water partition coefficient (Wildman–Crippen LogP) is 2.24. The molecule has 0 aliphatic carbocycles. The molecule has 1 aromatic rings. The average molecular weight is 382 g/mol. The van der Waals surface area contributed by atoms with Crippen LogP contribution in [0.2, 0.25) is 0 Å². The van der Waals surface area contributed by atoms with Crippen LogP contribution in [-0.2, 0) is 10.0 Å². The van der Waals surface area contributed by atoms with Crippen LogP contribution in [0.1, 0.15) is 48.0 Å². The largest absolute Gasteiger partial charge is 0.352 e. The molecule has 0 spiro atoms. The van der Waals surface area contributed by atoms with Crippen LogP contribution in [0.15, 0.2) is 23.1 Å². The van der Waals surface area contributed by atoms with Gasteiger partial charge in [0.05, 0.1) is 4.90 Å². The fourth-order valence-corrected chi connectivity index (χ4v) is 4.91. The lowest BCUT2D eigenvalue weighted by Crippen LogP contribution is -2.33. The van der Waals surface area contributed by atoms with Gasteiger partial charge in [-0.15, -0.1) is 0 Å². The number of nitrogens with one attached hydrogen (secondary N) is 1. The molecule has 0 bridgehead atoms. The summed E-state index contributed by atoms with van der Waals surface area (Å²) in [5.41, 5.74) is 1.08. The number of hydrogen-bond donors (Lipinski definition) is 1. The zero-order valence-electron chi connectivity index (χ0n) is 16.1. The van der Waals surface area contributed by atoms with Gasteiger partial charge in [0.1, 0.15) is 0 Å². The van der Waals surface area contributed by atoms with Gasteiger partial charge in [-0.2, -0.15) is 4.31 Å². The van der Waals surface area contributed by atoms with Crippen molar-refractivity contribution in [2.75, 3.05) is 40.3 Å². The Morgan fingerprint density at radius 1 is 1.15 bits per heavy atom. The molecule has 1 fully saturated rings. The van der Waals surface area contributed by atoms with E-state index in [1.807, 2.05) is 14.1 Å². The van der Waals surface area contributed by atoms with Gasteiger partial charge < -0.3 is 10.2 Å². The highest BCUT2D eigenvalue weighted by Gasteiger charge is 2.27. The summed E-state index contributed by atoms with van der Waals surface area (Å²) in [6.07, 6.45) is 4.78. The van der Waals surface area contributed by atoms with E-state index in [4.69, 9.17) is 0 Å². The van der Waals surface area contributed by atoms with Crippen molar-refractivity contribution in [2.24, 2.45) is 0 Å². The van der Waals surface area contributed by atoms with Crippen LogP contribution >= 0.6 is 0 Å². The first kappa shape index (κ1) is 20.9. The lowest BCUT2D eigenvalue weighted by molar-refractivity contribution is 0.0952. The Labute approximate surface area is 157 Å². The summed E-state index contributed by atoms with van der Waals surface area (Å²) >= 11 is 0. The van der Waals surface area contributed by atoms with Crippen molar-refractivity contribution in [1.29, 1.82) is 0 Å². The van der Waals surface area contributed by atoms with E-state index in [9.17, 15) is 13.2 Å². The number of sulfonamides is 1. The third-order valence-corrected chi connectivity index (χ3v) is 6.74. The van der Waals surface area contributed by atoms with Crippen molar-refractivity contribution in [1.82, 2.24) is 14.5 Å². The molecule has 1 saturated heterocycles. The molecule has 1 N–H and O–H groups in total. The van der Waals surface area contributed by atoms with Gasteiger partial charge in [0.25, 0.3) is 5.91 Å². The van der Waals surface area contributed by atoms with Crippen LogP contribution in [0.25, 0.3) is 0 Å². The van der Waals surface area contributed by atoms with Crippen LogP contribution < -0.4 is 5.32 Å². The fraction of sp³-hybridized carbons (Fsp3) is 0.632. The minimum atomic E-state index is -3.56. The molecule has 0 radical (unpaired) electrons. The minimum absolute atomic E-state index is 0.226. The smallest absolute Gasteiger partial charge is 0.251 e. The lowest BCUT2D eigenvalue weighted by Gasteiger charge is -2.21. The fourth-order valence-electron chi connectivity index (χ4n) is 3.14. The first-order valence-corrected chi connectivity index (χ1v) is 10.8. The zero-order valence-corrected chi connectivity index (χ0v) is 16.9. The number of carbonyl (C=O) groups is 1. The summed E-state index contributed by atoms with van der Waals surface area (Å²) < 4.78 is 27.7. The first-order valence-electron chi connectivity index (χ1n) is 9.36. The maximum Gasteiger partial charge on any atom is 0.251 e. The molecular weight excluding hydrogens is 350 g/mol. The third-order valence-electron chi connectivity index (χ3n) is 4.70. The van der Waals surface area contributed by atoms with Crippen LogP contribution in [0.4, 0.5) is 0 Å². The highest BCUT2D eigenvalue weighted by Crippen LogP contribution is 2.24. The van der Waals surface area contributed by atoms with E-state index in [0.717, 1.165) is 38.6 Å². The SMILES string of the molecule is Cc1ccc(C(=O)NCCCN(C)C)cc1S(=O)(=O)N1CCCCCC1. The molecule has 1 amide bonds. The number of nitrogens with zero attached hydrogens (tertiary/aromatic N) is 2. The summed E-state index contributed by atoms with van der Waals surface area (Å²) in [6, 6.07) is 4.94. The molecule has 1 aliphatic rings. The van der Waals surface area contributed by atoms with E-state index in [2.05, 4.69) is 10.2 Å². The van der Waals surface area contributed by atoms with Crippen molar-refractivity contribution in [2.45, 2.75) is 43.9 Å². The standard InChI is InChI=1S/C19H31N3O3S/c1-16-9-10-17(19(23)20-11-8-12-21(2)3)15-18(16)26(24,25)22-13-6-4-5-7-14-22/h9-10,15H,4-8,11-14H2,1-3H3,(H,20,23). The molecule has 2 rings (SSSR count).